The molecule has 1 atom stereocenters. The Morgan fingerprint density at radius 3 is 2.31 bits per heavy atom. The normalized spacial score (nSPS) is 12.5. The lowest BCUT2D eigenvalue weighted by molar-refractivity contribution is 0.203. The van der Waals surface area contributed by atoms with Gasteiger partial charge in [0.25, 0.3) is 0 Å². The molecule has 0 aromatic heterocycles. The van der Waals surface area contributed by atoms with Gasteiger partial charge in [-0.05, 0) is 30.7 Å². The molecular weight excluding hydrogens is 362 g/mol. The second-order valence-electron chi connectivity index (χ2n) is 6.10. The first-order valence-electron chi connectivity index (χ1n) is 7.83. The van der Waals surface area contributed by atoms with Crippen molar-refractivity contribution >= 4 is 15.9 Å². The minimum Gasteiger partial charge on any atom is -0.331 e. The second-order valence-corrected chi connectivity index (χ2v) is 8.12. The number of hydrogen-bond acceptors (Lipinski definition) is 3. The largest absolute Gasteiger partial charge is 0.331 e. The standard InChI is InChI=1S/C18H20F2N2O3S/c1-12(13-5-8-16(9-6-13)26(3,24)25)21-18(23)22(2)11-14-4-7-15(19)10-17(14)20/h4-10,12H,11H2,1-3H3,(H,21,23). The number of nitrogens with zero attached hydrogens (tertiary/aromatic N) is 1. The fourth-order valence-electron chi connectivity index (χ4n) is 2.36. The van der Waals surface area contributed by atoms with Crippen LogP contribution in [0.15, 0.2) is 47.4 Å². The van der Waals surface area contributed by atoms with Gasteiger partial charge < -0.3 is 10.2 Å². The van der Waals surface area contributed by atoms with Crippen molar-refractivity contribution in [2.24, 2.45) is 0 Å². The van der Waals surface area contributed by atoms with Gasteiger partial charge in [-0.2, -0.15) is 0 Å². The zero-order valence-corrected chi connectivity index (χ0v) is 15.5. The summed E-state index contributed by atoms with van der Waals surface area (Å²) in [4.78, 5) is 13.7. The van der Waals surface area contributed by atoms with Gasteiger partial charge in [-0.1, -0.05) is 18.2 Å². The maximum Gasteiger partial charge on any atom is 0.317 e. The van der Waals surface area contributed by atoms with Crippen LogP contribution in [-0.2, 0) is 16.4 Å². The highest BCUT2D eigenvalue weighted by Crippen LogP contribution is 2.17. The molecule has 0 radical (unpaired) electrons. The van der Waals surface area contributed by atoms with Crippen LogP contribution in [0.1, 0.15) is 24.1 Å². The fraction of sp³-hybridized carbons (Fsp3) is 0.278. The quantitative estimate of drug-likeness (QED) is 0.863. The summed E-state index contributed by atoms with van der Waals surface area (Å²) in [6, 6.07) is 8.59. The van der Waals surface area contributed by atoms with Gasteiger partial charge >= 0.3 is 6.03 Å². The molecule has 0 saturated carbocycles. The van der Waals surface area contributed by atoms with E-state index in [9.17, 15) is 22.0 Å². The van der Waals surface area contributed by atoms with E-state index in [4.69, 9.17) is 0 Å². The summed E-state index contributed by atoms with van der Waals surface area (Å²) in [6.07, 6.45) is 1.12. The highest BCUT2D eigenvalue weighted by atomic mass is 32.2. The maximum absolute atomic E-state index is 13.7. The Bertz CT molecular complexity index is 899. The van der Waals surface area contributed by atoms with Crippen molar-refractivity contribution in [3.05, 3.63) is 65.2 Å². The Kier molecular flexibility index (Phi) is 5.97. The van der Waals surface area contributed by atoms with E-state index < -0.39 is 27.5 Å². The summed E-state index contributed by atoms with van der Waals surface area (Å²) in [6.45, 7) is 1.73. The van der Waals surface area contributed by atoms with E-state index in [1.54, 1.807) is 19.1 Å². The number of rotatable bonds is 5. The Hall–Kier alpha value is -2.48. The van der Waals surface area contributed by atoms with E-state index in [0.29, 0.717) is 0 Å². The molecule has 2 amide bonds. The Morgan fingerprint density at radius 1 is 1.15 bits per heavy atom. The predicted molar refractivity (Wildman–Crippen MR) is 94.3 cm³/mol. The second kappa shape index (κ2) is 7.82. The minimum absolute atomic E-state index is 0.0162. The molecule has 0 aliphatic heterocycles. The van der Waals surface area contributed by atoms with Crippen LogP contribution in [0.4, 0.5) is 13.6 Å². The number of nitrogens with one attached hydrogen (secondary N) is 1. The third-order valence-corrected chi connectivity index (χ3v) is 5.05. The molecule has 0 saturated heterocycles. The van der Waals surface area contributed by atoms with Gasteiger partial charge in [0.15, 0.2) is 9.84 Å². The molecule has 0 spiro atoms. The number of carbonyl (C=O) groups is 1. The van der Waals surface area contributed by atoms with E-state index in [-0.39, 0.29) is 23.0 Å². The van der Waals surface area contributed by atoms with Gasteiger partial charge in [-0.15, -0.1) is 0 Å². The molecule has 5 nitrogen and oxygen atoms in total. The van der Waals surface area contributed by atoms with Gasteiger partial charge in [0.2, 0.25) is 0 Å². The number of halogens is 2. The maximum atomic E-state index is 13.7. The molecular formula is C18H20F2N2O3S. The van der Waals surface area contributed by atoms with E-state index >= 15 is 0 Å². The first-order valence-corrected chi connectivity index (χ1v) is 9.72. The number of amides is 2. The summed E-state index contributed by atoms with van der Waals surface area (Å²) in [5.74, 6) is -1.39. The smallest absolute Gasteiger partial charge is 0.317 e. The molecule has 26 heavy (non-hydrogen) atoms. The van der Waals surface area contributed by atoms with Crippen LogP contribution in [0.5, 0.6) is 0 Å². The predicted octanol–water partition coefficient (Wildman–Crippen LogP) is 3.27. The van der Waals surface area contributed by atoms with Crippen molar-refractivity contribution in [3.63, 3.8) is 0 Å². The molecule has 1 N–H and O–H groups in total. The van der Waals surface area contributed by atoms with Crippen molar-refractivity contribution in [3.8, 4) is 0 Å². The molecule has 2 aromatic carbocycles. The average Bonchev–Trinajstić information content (AvgIpc) is 2.56. The molecule has 2 rings (SSSR count). The zero-order chi connectivity index (χ0) is 19.5. The van der Waals surface area contributed by atoms with Crippen LogP contribution in [0, 0.1) is 11.6 Å². The molecule has 0 fully saturated rings. The van der Waals surface area contributed by atoms with E-state index in [0.717, 1.165) is 24.0 Å². The Morgan fingerprint density at radius 2 is 1.77 bits per heavy atom. The third kappa shape index (κ3) is 5.01. The van der Waals surface area contributed by atoms with E-state index in [2.05, 4.69) is 5.32 Å². The number of hydrogen-bond donors (Lipinski definition) is 1. The van der Waals surface area contributed by atoms with Crippen molar-refractivity contribution in [1.29, 1.82) is 0 Å². The molecule has 2 aromatic rings. The van der Waals surface area contributed by atoms with Crippen LogP contribution >= 0.6 is 0 Å². The summed E-state index contributed by atoms with van der Waals surface area (Å²) < 4.78 is 49.6. The number of sulfone groups is 1. The van der Waals surface area contributed by atoms with Gasteiger partial charge in [0, 0.05) is 31.5 Å². The molecule has 0 heterocycles. The van der Waals surface area contributed by atoms with E-state index in [1.165, 1.54) is 30.1 Å². The number of urea groups is 1. The fourth-order valence-corrected chi connectivity index (χ4v) is 2.99. The van der Waals surface area contributed by atoms with Crippen LogP contribution in [0.25, 0.3) is 0 Å². The lowest BCUT2D eigenvalue weighted by atomic mass is 10.1. The van der Waals surface area contributed by atoms with Gasteiger partial charge in [-0.25, -0.2) is 22.0 Å². The third-order valence-electron chi connectivity index (χ3n) is 3.92. The van der Waals surface area contributed by atoms with Crippen LogP contribution in [-0.4, -0.2) is 32.7 Å². The van der Waals surface area contributed by atoms with Crippen molar-refractivity contribution in [2.75, 3.05) is 13.3 Å². The molecule has 0 aliphatic carbocycles. The van der Waals surface area contributed by atoms with Gasteiger partial charge in [0.05, 0.1) is 10.9 Å². The molecule has 0 bridgehead atoms. The molecule has 8 heteroatoms. The minimum atomic E-state index is -3.28. The first kappa shape index (κ1) is 19.8. The summed E-state index contributed by atoms with van der Waals surface area (Å²) in [5, 5.41) is 2.75. The Balaban J connectivity index is 2.01. The summed E-state index contributed by atoms with van der Waals surface area (Å²) >= 11 is 0. The molecule has 0 aliphatic rings. The SMILES string of the molecule is CC(NC(=O)N(C)Cc1ccc(F)cc1F)c1ccc(S(C)(=O)=O)cc1. The van der Waals surface area contributed by atoms with Crippen molar-refractivity contribution < 1.29 is 22.0 Å². The van der Waals surface area contributed by atoms with E-state index in [1.807, 2.05) is 0 Å². The highest BCUT2D eigenvalue weighted by Gasteiger charge is 2.16. The van der Waals surface area contributed by atoms with Crippen molar-refractivity contribution in [2.45, 2.75) is 24.4 Å². The van der Waals surface area contributed by atoms with Crippen LogP contribution in [0.2, 0.25) is 0 Å². The number of carbonyl (C=O) groups excluding carboxylic acids is 1. The first-order chi connectivity index (χ1) is 12.1. The van der Waals surface area contributed by atoms with Gasteiger partial charge in [0.1, 0.15) is 11.6 Å². The zero-order valence-electron chi connectivity index (χ0n) is 14.7. The topological polar surface area (TPSA) is 66.5 Å². The lowest BCUT2D eigenvalue weighted by Crippen LogP contribution is -2.38. The van der Waals surface area contributed by atoms with Crippen LogP contribution in [0.3, 0.4) is 0 Å². The molecule has 1 unspecified atom stereocenters. The Labute approximate surface area is 151 Å². The molecule has 140 valence electrons. The number of benzene rings is 2. The highest BCUT2D eigenvalue weighted by molar-refractivity contribution is 7.90. The summed E-state index contributed by atoms with van der Waals surface area (Å²) in [5.41, 5.74) is 0.932. The van der Waals surface area contributed by atoms with Crippen LogP contribution < -0.4 is 5.32 Å². The average molecular weight is 382 g/mol. The van der Waals surface area contributed by atoms with Crippen molar-refractivity contribution in [1.82, 2.24) is 10.2 Å². The van der Waals surface area contributed by atoms with Gasteiger partial charge in [-0.3, -0.25) is 0 Å². The monoisotopic (exact) mass is 382 g/mol. The summed E-state index contributed by atoms with van der Waals surface area (Å²) in [7, 11) is -1.78. The lowest BCUT2D eigenvalue weighted by Gasteiger charge is -2.22.